The van der Waals surface area contributed by atoms with Crippen LogP contribution in [0.15, 0.2) is 6.20 Å². The van der Waals surface area contributed by atoms with Crippen LogP contribution in [0.3, 0.4) is 0 Å². The number of anilines is 2. The molecule has 0 unspecified atom stereocenters. The molecule has 0 bridgehead atoms. The van der Waals surface area contributed by atoms with Crippen molar-refractivity contribution in [1.82, 2.24) is 25.1 Å². The largest absolute Gasteiger partial charge is 0.436 e. The first kappa shape index (κ1) is 12.9. The van der Waals surface area contributed by atoms with Crippen LogP contribution in [0.25, 0.3) is 11.0 Å². The van der Waals surface area contributed by atoms with Gasteiger partial charge in [0.2, 0.25) is 5.95 Å². The van der Waals surface area contributed by atoms with Crippen LogP contribution in [0, 0.1) is 0 Å². The van der Waals surface area contributed by atoms with Gasteiger partial charge in [0.1, 0.15) is 0 Å². The lowest BCUT2D eigenvalue weighted by atomic mass is 9.91. The number of hydrazine groups is 1. The number of aryl methyl sites for hydroxylation is 1. The molecule has 0 fully saturated rings. The Balaban J connectivity index is 2.40. The third kappa shape index (κ3) is 2.63. The van der Waals surface area contributed by atoms with Crippen molar-refractivity contribution < 1.29 is 5.02 Å². The molecule has 0 spiro atoms. The van der Waals surface area contributed by atoms with E-state index in [1.807, 2.05) is 0 Å². The molecule has 0 saturated heterocycles. The Morgan fingerprint density at radius 3 is 3.00 bits per heavy atom. The maximum atomic E-state index is 9.16. The number of nitrogens with zero attached hydrogens (tertiary/aromatic N) is 4. The van der Waals surface area contributed by atoms with Gasteiger partial charge in [0.25, 0.3) is 0 Å². The fourth-order valence-corrected chi connectivity index (χ4v) is 1.64. The summed E-state index contributed by atoms with van der Waals surface area (Å²) in [6.45, 7) is 2.11. The first-order chi connectivity index (χ1) is 8.61. The van der Waals surface area contributed by atoms with Crippen molar-refractivity contribution >= 4 is 41.5 Å². The molecule has 2 rings (SSSR count). The third-order valence-electron chi connectivity index (χ3n) is 2.21. The van der Waals surface area contributed by atoms with Gasteiger partial charge >= 0.3 is 7.05 Å². The third-order valence-corrected chi connectivity index (χ3v) is 2.38. The molecule has 2 aromatic rings. The monoisotopic (exact) mass is 269 g/mol. The first-order valence-corrected chi connectivity index (χ1v) is 5.90. The van der Waals surface area contributed by atoms with Crippen LogP contribution in [0.2, 0.25) is 6.82 Å². The van der Waals surface area contributed by atoms with Crippen LogP contribution in [-0.4, -0.2) is 37.7 Å². The van der Waals surface area contributed by atoms with Gasteiger partial charge in [-0.2, -0.15) is 15.1 Å². The normalized spacial score (nSPS) is 10.8. The Morgan fingerprint density at radius 1 is 1.56 bits per heavy atom. The van der Waals surface area contributed by atoms with Crippen molar-refractivity contribution in [1.29, 1.82) is 0 Å². The van der Waals surface area contributed by atoms with Gasteiger partial charge in [-0.1, -0.05) is 0 Å². The smallest absolute Gasteiger partial charge is 0.392 e. The van der Waals surface area contributed by atoms with E-state index < -0.39 is 7.05 Å². The predicted octanol–water partition coefficient (Wildman–Crippen LogP) is -0.326. The lowest BCUT2D eigenvalue weighted by molar-refractivity contribution is 0.564. The van der Waals surface area contributed by atoms with Gasteiger partial charge in [-0.25, -0.2) is 10.0 Å². The van der Waals surface area contributed by atoms with Crippen LogP contribution in [-0.2, 0) is 6.54 Å². The molecule has 0 amide bonds. The molecule has 0 atom stereocenters. The van der Waals surface area contributed by atoms with Gasteiger partial charge in [0.05, 0.1) is 18.1 Å². The molecule has 10 heteroatoms. The van der Waals surface area contributed by atoms with E-state index in [1.54, 1.807) is 17.7 Å². The second-order valence-electron chi connectivity index (χ2n) is 3.67. The molecule has 2 aromatic heterocycles. The topological polar surface area (TPSA) is 114 Å². The van der Waals surface area contributed by atoms with E-state index >= 15 is 0 Å². The van der Waals surface area contributed by atoms with E-state index in [0.29, 0.717) is 29.3 Å². The number of aromatic nitrogens is 4. The highest BCUT2D eigenvalue weighted by Gasteiger charge is 2.12. The second-order valence-corrected chi connectivity index (χ2v) is 4.05. The molecule has 96 valence electrons. The van der Waals surface area contributed by atoms with E-state index in [0.717, 1.165) is 0 Å². The van der Waals surface area contributed by atoms with Gasteiger partial charge in [0.15, 0.2) is 11.5 Å². The van der Waals surface area contributed by atoms with E-state index in [1.165, 1.54) is 0 Å². The Labute approximate surface area is 109 Å². The Kier molecular flexibility index (Phi) is 3.85. The molecule has 5 N–H and O–H groups in total. The predicted molar refractivity (Wildman–Crippen MR) is 71.1 cm³/mol. The number of rotatable bonds is 5. The van der Waals surface area contributed by atoms with Crippen molar-refractivity contribution in [2.75, 3.05) is 17.0 Å². The van der Waals surface area contributed by atoms with Crippen LogP contribution in [0.1, 0.15) is 0 Å². The minimum absolute atomic E-state index is 0.119. The fraction of sp³-hybridized carbons (Fsp3) is 0.375. The SMILES string of the molecule is CB(O)NNc1nc(N)nc2c1cnn2CCCl. The highest BCUT2D eigenvalue weighted by atomic mass is 35.5. The van der Waals surface area contributed by atoms with Gasteiger partial charge in [-0.3, -0.25) is 0 Å². The number of halogens is 1. The van der Waals surface area contributed by atoms with Gasteiger partial charge in [0, 0.05) is 5.88 Å². The summed E-state index contributed by atoms with van der Waals surface area (Å²) in [5, 5.41) is 16.6. The summed E-state index contributed by atoms with van der Waals surface area (Å²) < 4.78 is 1.65. The van der Waals surface area contributed by atoms with E-state index in [4.69, 9.17) is 22.4 Å². The van der Waals surface area contributed by atoms with Crippen molar-refractivity contribution in [2.24, 2.45) is 0 Å². The minimum Gasteiger partial charge on any atom is -0.436 e. The Hall–Kier alpha value is -1.58. The molecule has 0 saturated carbocycles. The quantitative estimate of drug-likeness (QED) is 0.334. The number of hydrogen-bond donors (Lipinski definition) is 4. The van der Waals surface area contributed by atoms with E-state index in [9.17, 15) is 0 Å². The molecule has 8 nitrogen and oxygen atoms in total. The lowest BCUT2D eigenvalue weighted by Crippen LogP contribution is -2.36. The molecule has 0 aliphatic heterocycles. The van der Waals surface area contributed by atoms with E-state index in [2.05, 4.69) is 25.8 Å². The lowest BCUT2D eigenvalue weighted by Gasteiger charge is -2.09. The van der Waals surface area contributed by atoms with Crippen LogP contribution < -0.4 is 16.5 Å². The zero-order valence-electron chi connectivity index (χ0n) is 9.76. The maximum absolute atomic E-state index is 9.16. The summed E-state index contributed by atoms with van der Waals surface area (Å²) in [6.07, 6.45) is 1.62. The number of nitrogens with one attached hydrogen (secondary N) is 2. The summed E-state index contributed by atoms with van der Waals surface area (Å²) in [5.74, 6) is 1.00. The molecule has 2 heterocycles. The Bertz CT molecular complexity index is 545. The highest BCUT2D eigenvalue weighted by molar-refractivity contribution is 6.45. The minimum atomic E-state index is -0.728. The molecule has 0 radical (unpaired) electrons. The van der Waals surface area contributed by atoms with Crippen LogP contribution in [0.5, 0.6) is 0 Å². The molecule has 18 heavy (non-hydrogen) atoms. The Morgan fingerprint density at radius 2 is 2.33 bits per heavy atom. The molecular weight excluding hydrogens is 256 g/mol. The number of fused-ring (bicyclic) bond motifs is 1. The van der Waals surface area contributed by atoms with Crippen molar-refractivity contribution in [3.63, 3.8) is 0 Å². The van der Waals surface area contributed by atoms with E-state index in [-0.39, 0.29) is 5.95 Å². The summed E-state index contributed by atoms with van der Waals surface area (Å²) in [7, 11) is -0.728. The van der Waals surface area contributed by atoms with Crippen molar-refractivity contribution in [3.8, 4) is 0 Å². The average Bonchev–Trinajstić information content (AvgIpc) is 2.70. The number of alkyl halides is 1. The second kappa shape index (κ2) is 5.38. The standard InChI is InChI=1S/C8H13BClN7O/c1-9(18)16-15-6-5-4-12-17(3-2-10)7(5)14-8(11)13-6/h4,16,18H,2-3H2,1H3,(H3,11,13,14,15). The average molecular weight is 270 g/mol. The summed E-state index contributed by atoms with van der Waals surface area (Å²) in [6, 6.07) is 0. The number of hydrogen-bond acceptors (Lipinski definition) is 7. The zero-order chi connectivity index (χ0) is 13.1. The van der Waals surface area contributed by atoms with Crippen LogP contribution in [0.4, 0.5) is 11.8 Å². The zero-order valence-corrected chi connectivity index (χ0v) is 10.5. The number of nitrogens with two attached hydrogens (primary N) is 1. The molecular formula is C8H13BClN7O. The van der Waals surface area contributed by atoms with Crippen molar-refractivity contribution in [2.45, 2.75) is 13.4 Å². The summed E-state index contributed by atoms with van der Waals surface area (Å²) in [5.41, 5.74) is 8.99. The maximum Gasteiger partial charge on any atom is 0.392 e. The first-order valence-electron chi connectivity index (χ1n) is 5.36. The molecule has 0 aliphatic carbocycles. The van der Waals surface area contributed by atoms with Crippen LogP contribution >= 0.6 is 11.6 Å². The fourth-order valence-electron chi connectivity index (χ4n) is 1.48. The van der Waals surface area contributed by atoms with Gasteiger partial charge < -0.3 is 16.2 Å². The van der Waals surface area contributed by atoms with Gasteiger partial charge in [-0.05, 0) is 6.82 Å². The highest BCUT2D eigenvalue weighted by Crippen LogP contribution is 2.20. The summed E-state index contributed by atoms with van der Waals surface area (Å²) >= 11 is 5.68. The number of nitrogen functional groups attached to an aromatic ring is 1. The molecule has 0 aliphatic rings. The van der Waals surface area contributed by atoms with Crippen molar-refractivity contribution in [3.05, 3.63) is 6.20 Å². The molecule has 0 aromatic carbocycles. The summed E-state index contributed by atoms with van der Waals surface area (Å²) in [4.78, 5) is 8.16. The van der Waals surface area contributed by atoms with Gasteiger partial charge in [-0.15, -0.1) is 11.6 Å².